The number of para-hydroxylation sites is 1. The van der Waals surface area contributed by atoms with Crippen LogP contribution in [0.15, 0.2) is 36.9 Å². The fraction of sp³-hybridized carbons (Fsp3) is 0.250. The van der Waals surface area contributed by atoms with Gasteiger partial charge in [-0.3, -0.25) is 0 Å². The van der Waals surface area contributed by atoms with Crippen LogP contribution in [0.25, 0.3) is 0 Å². The van der Waals surface area contributed by atoms with Gasteiger partial charge >= 0.3 is 0 Å². The molecule has 0 aliphatic rings. The predicted octanol–water partition coefficient (Wildman–Crippen LogP) is 1.50. The van der Waals surface area contributed by atoms with Gasteiger partial charge in [0.2, 0.25) is 0 Å². The lowest BCUT2D eigenvalue weighted by Crippen LogP contribution is -2.05. The maximum atomic E-state index is 6.03. The van der Waals surface area contributed by atoms with Crippen LogP contribution in [0.5, 0.6) is 5.75 Å². The maximum absolute atomic E-state index is 6.03. The lowest BCUT2D eigenvalue weighted by atomic mass is 10.1. The molecule has 2 aromatic rings. The van der Waals surface area contributed by atoms with E-state index in [1.165, 1.54) is 0 Å². The van der Waals surface area contributed by atoms with Crippen molar-refractivity contribution in [2.45, 2.75) is 6.54 Å². The highest BCUT2D eigenvalue weighted by molar-refractivity contribution is 5.58. The lowest BCUT2D eigenvalue weighted by molar-refractivity contribution is 0.0516. The lowest BCUT2D eigenvalue weighted by Gasteiger charge is -2.12. The number of imidazole rings is 1. The van der Waals surface area contributed by atoms with Crippen LogP contribution in [-0.4, -0.2) is 23.5 Å². The Morgan fingerprint density at radius 2 is 2.29 bits per heavy atom. The molecule has 2 N–H and O–H groups in total. The Hall–Kier alpha value is -2.01. The first kappa shape index (κ1) is 11.5. The molecule has 2 rings (SSSR count). The summed E-state index contributed by atoms with van der Waals surface area (Å²) in [5, 5.41) is 0. The second-order valence-corrected chi connectivity index (χ2v) is 3.61. The minimum Gasteiger partial charge on any atom is -0.465 e. The van der Waals surface area contributed by atoms with Gasteiger partial charge in [0.25, 0.3) is 0 Å². The average Bonchev–Trinajstić information content (AvgIpc) is 2.83. The van der Waals surface area contributed by atoms with Crippen LogP contribution in [0.3, 0.4) is 0 Å². The Balaban J connectivity index is 2.17. The molecule has 5 heteroatoms. The van der Waals surface area contributed by atoms with Crippen LogP contribution in [0, 0.1) is 0 Å². The first-order valence-electron chi connectivity index (χ1n) is 5.26. The number of rotatable bonds is 5. The summed E-state index contributed by atoms with van der Waals surface area (Å²) in [5.74, 6) is 0.643. The van der Waals surface area contributed by atoms with Gasteiger partial charge in [-0.15, -0.1) is 0 Å². The molecule has 1 aromatic carbocycles. The second kappa shape index (κ2) is 5.36. The average molecular weight is 233 g/mol. The molecule has 0 radical (unpaired) electrons. The molecule has 0 aliphatic carbocycles. The number of aromatic nitrogens is 2. The quantitative estimate of drug-likeness (QED) is 0.628. The van der Waals surface area contributed by atoms with Crippen molar-refractivity contribution >= 4 is 5.69 Å². The van der Waals surface area contributed by atoms with Crippen molar-refractivity contribution in [3.63, 3.8) is 0 Å². The van der Waals surface area contributed by atoms with Gasteiger partial charge in [0.05, 0.1) is 18.6 Å². The van der Waals surface area contributed by atoms with Crippen molar-refractivity contribution in [3.05, 3.63) is 42.5 Å². The number of nitrogen functional groups attached to an aromatic ring is 1. The minimum absolute atomic E-state index is 0.193. The summed E-state index contributed by atoms with van der Waals surface area (Å²) in [6.07, 6.45) is 5.38. The number of anilines is 1. The van der Waals surface area contributed by atoms with Crippen molar-refractivity contribution in [1.29, 1.82) is 0 Å². The van der Waals surface area contributed by atoms with E-state index in [2.05, 4.69) is 4.98 Å². The van der Waals surface area contributed by atoms with E-state index in [9.17, 15) is 0 Å². The molecular formula is C12H15N3O2. The largest absolute Gasteiger partial charge is 0.465 e. The molecule has 90 valence electrons. The van der Waals surface area contributed by atoms with Gasteiger partial charge in [0.1, 0.15) is 5.75 Å². The third kappa shape index (κ3) is 2.76. The minimum atomic E-state index is 0.193. The third-order valence-corrected chi connectivity index (χ3v) is 2.40. The highest BCUT2D eigenvalue weighted by Gasteiger charge is 2.06. The second-order valence-electron chi connectivity index (χ2n) is 3.61. The number of hydrogen-bond donors (Lipinski definition) is 1. The van der Waals surface area contributed by atoms with E-state index in [1.807, 2.05) is 29.0 Å². The zero-order chi connectivity index (χ0) is 12.1. The van der Waals surface area contributed by atoms with Crippen molar-refractivity contribution in [2.24, 2.45) is 0 Å². The Morgan fingerprint density at radius 1 is 1.41 bits per heavy atom. The van der Waals surface area contributed by atoms with Gasteiger partial charge in [-0.05, 0) is 11.6 Å². The number of nitrogens with zero attached hydrogens (tertiary/aromatic N) is 2. The zero-order valence-corrected chi connectivity index (χ0v) is 9.67. The van der Waals surface area contributed by atoms with E-state index in [-0.39, 0.29) is 6.79 Å². The topological polar surface area (TPSA) is 62.3 Å². The molecule has 0 spiro atoms. The molecule has 17 heavy (non-hydrogen) atoms. The van der Waals surface area contributed by atoms with Crippen LogP contribution in [0.2, 0.25) is 0 Å². The molecular weight excluding hydrogens is 218 g/mol. The molecule has 0 fully saturated rings. The van der Waals surface area contributed by atoms with Gasteiger partial charge in [-0.1, -0.05) is 12.1 Å². The van der Waals surface area contributed by atoms with Gasteiger partial charge in [-0.25, -0.2) is 4.98 Å². The fourth-order valence-corrected chi connectivity index (χ4v) is 1.55. The van der Waals surface area contributed by atoms with Crippen molar-refractivity contribution in [2.75, 3.05) is 19.6 Å². The van der Waals surface area contributed by atoms with E-state index >= 15 is 0 Å². The smallest absolute Gasteiger partial charge is 0.188 e. The summed E-state index contributed by atoms with van der Waals surface area (Å²) in [4.78, 5) is 3.99. The molecule has 5 nitrogen and oxygen atoms in total. The molecule has 0 saturated heterocycles. The Morgan fingerprint density at radius 3 is 3.00 bits per heavy atom. The summed E-state index contributed by atoms with van der Waals surface area (Å²) in [6, 6.07) is 5.70. The molecule has 1 aromatic heterocycles. The Kier molecular flexibility index (Phi) is 3.62. The highest BCUT2D eigenvalue weighted by Crippen LogP contribution is 2.25. The van der Waals surface area contributed by atoms with Gasteiger partial charge in [0, 0.05) is 19.5 Å². The van der Waals surface area contributed by atoms with Crippen molar-refractivity contribution in [3.8, 4) is 5.75 Å². The third-order valence-electron chi connectivity index (χ3n) is 2.40. The summed E-state index contributed by atoms with van der Waals surface area (Å²) in [6.45, 7) is 0.870. The summed E-state index contributed by atoms with van der Waals surface area (Å²) < 4.78 is 12.2. The first-order chi connectivity index (χ1) is 8.31. The number of benzene rings is 1. The van der Waals surface area contributed by atoms with E-state index in [0.29, 0.717) is 18.0 Å². The van der Waals surface area contributed by atoms with Crippen LogP contribution in [0.1, 0.15) is 5.56 Å². The number of ether oxygens (including phenoxy) is 2. The Bertz CT molecular complexity index is 469. The SMILES string of the molecule is COCOc1cccc(Cn2ccnc2)c1N. The molecule has 0 saturated carbocycles. The summed E-state index contributed by atoms with van der Waals surface area (Å²) >= 11 is 0. The van der Waals surface area contributed by atoms with E-state index < -0.39 is 0 Å². The van der Waals surface area contributed by atoms with Crippen LogP contribution in [0.4, 0.5) is 5.69 Å². The van der Waals surface area contributed by atoms with Gasteiger partial charge < -0.3 is 19.8 Å². The van der Waals surface area contributed by atoms with Crippen LogP contribution in [-0.2, 0) is 11.3 Å². The van der Waals surface area contributed by atoms with Gasteiger partial charge in [0.15, 0.2) is 6.79 Å². The summed E-state index contributed by atoms with van der Waals surface area (Å²) in [5.41, 5.74) is 7.66. The highest BCUT2D eigenvalue weighted by atomic mass is 16.7. The first-order valence-corrected chi connectivity index (χ1v) is 5.26. The number of methoxy groups -OCH3 is 1. The predicted molar refractivity (Wildman–Crippen MR) is 64.7 cm³/mol. The molecule has 0 atom stereocenters. The standard InChI is InChI=1S/C12H15N3O2/c1-16-9-17-11-4-2-3-10(12(11)13)7-15-6-5-14-8-15/h2-6,8H,7,9,13H2,1H3. The van der Waals surface area contributed by atoms with E-state index in [0.717, 1.165) is 5.56 Å². The van der Waals surface area contributed by atoms with Crippen molar-refractivity contribution < 1.29 is 9.47 Å². The zero-order valence-electron chi connectivity index (χ0n) is 9.67. The number of hydrogen-bond acceptors (Lipinski definition) is 4. The summed E-state index contributed by atoms with van der Waals surface area (Å²) in [7, 11) is 1.57. The molecule has 0 unspecified atom stereocenters. The monoisotopic (exact) mass is 233 g/mol. The molecule has 0 amide bonds. The molecule has 1 heterocycles. The van der Waals surface area contributed by atoms with E-state index in [4.69, 9.17) is 15.2 Å². The normalized spacial score (nSPS) is 10.4. The van der Waals surface area contributed by atoms with Gasteiger partial charge in [-0.2, -0.15) is 0 Å². The number of nitrogens with two attached hydrogens (primary N) is 1. The molecule has 0 bridgehead atoms. The van der Waals surface area contributed by atoms with E-state index in [1.54, 1.807) is 19.6 Å². The van der Waals surface area contributed by atoms with Crippen molar-refractivity contribution in [1.82, 2.24) is 9.55 Å². The van der Waals surface area contributed by atoms with Crippen LogP contribution < -0.4 is 10.5 Å². The fourth-order valence-electron chi connectivity index (χ4n) is 1.55. The maximum Gasteiger partial charge on any atom is 0.188 e. The Labute approximate surface area is 99.8 Å². The van der Waals surface area contributed by atoms with Crippen LogP contribution >= 0.6 is 0 Å². The molecule has 0 aliphatic heterocycles.